The Morgan fingerprint density at radius 3 is 2.43 bits per heavy atom. The second-order valence-electron chi connectivity index (χ2n) is 5.49. The first-order valence-electron chi connectivity index (χ1n) is 7.19. The van der Waals surface area contributed by atoms with Crippen LogP contribution in [-0.4, -0.2) is 49.5 Å². The summed E-state index contributed by atoms with van der Waals surface area (Å²) >= 11 is 0. The van der Waals surface area contributed by atoms with E-state index in [-0.39, 0.29) is 106 Å². The van der Waals surface area contributed by atoms with Crippen LogP contribution in [0.4, 0.5) is 5.82 Å². The largest absolute Gasteiger partial charge is 1.00 e. The summed E-state index contributed by atoms with van der Waals surface area (Å²) in [4.78, 5) is 43.9. The molecule has 5 N–H and O–H groups in total. The summed E-state index contributed by atoms with van der Waals surface area (Å²) in [5, 5.41) is 10.2. The third-order valence-corrected chi connectivity index (χ3v) is 5.74. The molecule has 0 radical (unpaired) electrons. The first kappa shape index (κ1) is 31.5. The summed E-state index contributed by atoms with van der Waals surface area (Å²) in [6, 6.07) is -1.05. The number of rotatable bonds is 6. The van der Waals surface area contributed by atoms with Gasteiger partial charge in [0, 0.05) is 0 Å². The van der Waals surface area contributed by atoms with Gasteiger partial charge in [-0.25, -0.2) is 15.0 Å². The van der Waals surface area contributed by atoms with Gasteiger partial charge in [-0.3, -0.25) is 13.4 Å². The average molecular weight is 492 g/mol. The number of hydrogen-bond acceptors (Lipinski definition) is 14. The number of aromatic nitrogens is 4. The number of phosphoric acid groups is 2. The first-order valence-corrected chi connectivity index (χ1v) is 10.1. The summed E-state index contributed by atoms with van der Waals surface area (Å²) in [5.74, 6) is 0.106. The van der Waals surface area contributed by atoms with Crippen molar-refractivity contribution in [2.24, 2.45) is 5.73 Å². The van der Waals surface area contributed by atoms with Gasteiger partial charge in [0.05, 0.1) is 26.8 Å². The van der Waals surface area contributed by atoms with E-state index in [9.17, 15) is 28.9 Å². The number of aliphatic hydroxyl groups is 1. The van der Waals surface area contributed by atoms with Crippen molar-refractivity contribution in [2.75, 3.05) is 12.3 Å². The molecule has 0 aromatic carbocycles. The minimum Gasteiger partial charge on any atom is -0.790 e. The summed E-state index contributed by atoms with van der Waals surface area (Å²) in [6.45, 7) is -0.851. The first-order chi connectivity index (χ1) is 12.5. The summed E-state index contributed by atoms with van der Waals surface area (Å²) in [6.07, 6.45) is -1.24. The Hall–Kier alpha value is 1.49. The number of nitrogen functional groups attached to an aromatic ring is 1. The van der Waals surface area contributed by atoms with Crippen LogP contribution >= 0.6 is 15.6 Å². The molecule has 20 heteroatoms. The molecule has 0 amide bonds. The Morgan fingerprint density at radius 1 is 1.20 bits per heavy atom. The number of hydrogen-bond donors (Lipinski definition) is 3. The van der Waals surface area contributed by atoms with Gasteiger partial charge in [0.2, 0.25) is 0 Å². The van der Waals surface area contributed by atoms with Crippen LogP contribution in [0.3, 0.4) is 0 Å². The predicted octanol–water partition coefficient (Wildman–Crippen LogP) is -12.7. The maximum Gasteiger partial charge on any atom is 1.00 e. The van der Waals surface area contributed by atoms with Crippen molar-refractivity contribution >= 4 is 32.6 Å². The maximum atomic E-state index is 11.3. The molecule has 1 aliphatic rings. The summed E-state index contributed by atoms with van der Waals surface area (Å²) < 4.78 is 36.1. The number of nitrogens with zero attached hydrogens (tertiary/aromatic N) is 4. The van der Waals surface area contributed by atoms with E-state index in [0.29, 0.717) is 0 Å². The molecular weight excluding hydrogens is 479 g/mol. The summed E-state index contributed by atoms with van der Waals surface area (Å²) in [5.41, 5.74) is 12.1. The van der Waals surface area contributed by atoms with Gasteiger partial charge in [0.25, 0.3) is 7.82 Å². The van der Waals surface area contributed by atoms with E-state index >= 15 is 0 Å². The molecule has 3 rings (SSSR count). The van der Waals surface area contributed by atoms with Crippen LogP contribution < -0.4 is 115 Å². The van der Waals surface area contributed by atoms with Crippen LogP contribution in [0.25, 0.3) is 11.2 Å². The van der Waals surface area contributed by atoms with E-state index in [2.05, 4.69) is 23.8 Å². The van der Waals surface area contributed by atoms with Crippen molar-refractivity contribution in [1.82, 2.24) is 19.5 Å². The third kappa shape index (κ3) is 7.50. The van der Waals surface area contributed by atoms with Gasteiger partial charge in [-0.1, -0.05) is 0 Å². The topological polar surface area (TPSA) is 247 Å². The zero-order chi connectivity index (χ0) is 20.0. The molecule has 30 heavy (non-hydrogen) atoms. The zero-order valence-electron chi connectivity index (χ0n) is 16.2. The van der Waals surface area contributed by atoms with Crippen molar-refractivity contribution < 1.29 is 131 Å². The normalized spacial score (nSPS) is 25.6. The monoisotopic (exact) mass is 492 g/mol. The zero-order valence-corrected chi connectivity index (χ0v) is 24.0. The second kappa shape index (κ2) is 12.3. The quantitative estimate of drug-likeness (QED) is 0.250. The fourth-order valence-corrected chi connectivity index (χ4v) is 4.02. The van der Waals surface area contributed by atoms with Crippen molar-refractivity contribution in [3.8, 4) is 0 Å². The van der Waals surface area contributed by atoms with E-state index in [1.165, 1.54) is 17.2 Å². The van der Waals surface area contributed by atoms with Gasteiger partial charge in [-0.15, -0.1) is 0 Å². The van der Waals surface area contributed by atoms with Crippen LogP contribution in [-0.2, 0) is 22.7 Å². The number of imidazole rings is 1. The van der Waals surface area contributed by atoms with E-state index in [0.717, 1.165) is 0 Å². The van der Waals surface area contributed by atoms with Gasteiger partial charge in [0.15, 0.2) is 17.7 Å². The third-order valence-electron chi connectivity index (χ3n) is 3.68. The molecule has 2 aromatic heterocycles. The molecule has 0 saturated carbocycles. The molecule has 1 unspecified atom stereocenters. The van der Waals surface area contributed by atoms with Crippen molar-refractivity contribution in [2.45, 2.75) is 24.5 Å². The van der Waals surface area contributed by atoms with Crippen LogP contribution in [0.15, 0.2) is 12.7 Å². The average Bonchev–Trinajstić information content (AvgIpc) is 3.07. The Kier molecular flexibility index (Phi) is 12.9. The van der Waals surface area contributed by atoms with Crippen LogP contribution in [0.1, 0.15) is 6.23 Å². The van der Waals surface area contributed by atoms with Gasteiger partial charge in [-0.05, 0) is 0 Å². The Labute approximate surface area is 236 Å². The molecule has 5 atom stereocenters. The predicted molar refractivity (Wildman–Crippen MR) is 79.9 cm³/mol. The van der Waals surface area contributed by atoms with Gasteiger partial charge >= 0.3 is 88.7 Å². The Morgan fingerprint density at radius 2 is 1.83 bits per heavy atom. The smallest absolute Gasteiger partial charge is 0.790 e. The second-order valence-corrected chi connectivity index (χ2v) is 8.19. The van der Waals surface area contributed by atoms with E-state index in [1.54, 1.807) is 0 Å². The van der Waals surface area contributed by atoms with Gasteiger partial charge in [-0.2, -0.15) is 0 Å². The number of anilines is 1. The number of phosphoric ester groups is 1. The fourth-order valence-electron chi connectivity index (χ4n) is 2.52. The van der Waals surface area contributed by atoms with Crippen molar-refractivity contribution in [1.29, 1.82) is 0 Å². The van der Waals surface area contributed by atoms with Gasteiger partial charge in [0.1, 0.15) is 24.1 Å². The summed E-state index contributed by atoms with van der Waals surface area (Å²) in [7, 11) is -11.3. The molecule has 3 heterocycles. The number of aliphatic hydroxyl groups excluding tert-OH is 1. The van der Waals surface area contributed by atoms with Crippen molar-refractivity contribution in [3.63, 3.8) is 0 Å². The van der Waals surface area contributed by atoms with Crippen LogP contribution in [0.5, 0.6) is 0 Å². The molecule has 2 aromatic rings. The standard InChI is InChI=1S/C10H16N6O9P2.3Na/c11-5-7(17)4(1-23-27(21,22)25-26(18,19)20)24-10(5)16-3-15-6-8(12)13-2-14-9(6)16;;;/h2-5,7,10,17H,1,11H2,(H,21,22)(H2,12,13,14)(H2,18,19,20);;;/q;3*+1/p-3/t4-,5-,7-,10-;;;/m1.../s1. The molecule has 0 bridgehead atoms. The molecule has 1 saturated heterocycles. The number of fused-ring (bicyclic) bond motifs is 1. The van der Waals surface area contributed by atoms with E-state index in [1.807, 2.05) is 0 Å². The number of ether oxygens (including phenoxy) is 1. The molecule has 0 spiro atoms. The fraction of sp³-hybridized carbons (Fsp3) is 0.500. The molecule has 150 valence electrons. The van der Waals surface area contributed by atoms with Crippen molar-refractivity contribution in [3.05, 3.63) is 12.7 Å². The van der Waals surface area contributed by atoms with E-state index < -0.39 is 46.7 Å². The van der Waals surface area contributed by atoms with Crippen LogP contribution in [0, 0.1) is 0 Å². The molecule has 0 aliphatic carbocycles. The molecule has 1 fully saturated rings. The minimum absolute atomic E-state index is 0. The molecule has 1 aliphatic heterocycles. The SMILES string of the molecule is Nc1ncnc2c1ncn2[C@@H]1O[C@H](COP(=O)([O-])OP(=O)([O-])[O-])[C@@H](O)[C@H]1N.[Na+].[Na+].[Na+]. The maximum absolute atomic E-state index is 11.3. The molecular formula is C10H13N6Na3O9P2. The Bertz CT molecular complexity index is 947. The number of nitrogens with two attached hydrogens (primary N) is 2. The molecule has 15 nitrogen and oxygen atoms in total. The Balaban J connectivity index is 0.00000280. The minimum atomic E-state index is -5.83. The van der Waals surface area contributed by atoms with Crippen LogP contribution in [0.2, 0.25) is 0 Å². The van der Waals surface area contributed by atoms with E-state index in [4.69, 9.17) is 16.2 Å². The van der Waals surface area contributed by atoms with Gasteiger partial charge < -0.3 is 45.1 Å².